The minimum Gasteiger partial charge on any atom is -1.00 e. The molecule has 5 nitrogen and oxygen atoms in total. The van der Waals surface area contributed by atoms with E-state index in [2.05, 4.69) is 24.3 Å². The van der Waals surface area contributed by atoms with E-state index in [4.69, 9.17) is 23.2 Å². The predicted octanol–water partition coefficient (Wildman–Crippen LogP) is 4.40. The Labute approximate surface area is 291 Å². The van der Waals surface area contributed by atoms with Crippen molar-refractivity contribution in [3.05, 3.63) is 105 Å². The standard InChI is InChI=1S/C34H33Cl2F6N2O.ClH.2H2O/c35-28-7-6-25(19-29(28)36)32(11-15-44-12-8-31(9-13-44,10-14-44)24-4-2-1-3-5-24)20-30(45)43(22-32)21-23-16-26(33(37,38)39)18-27(17-23)34(40,41)42;;;/h1-7,16-19H,8-15,20-22H2;1H;2*1H2/q+1;;;/p-1. The van der Waals surface area contributed by atoms with Gasteiger partial charge in [-0.1, -0.05) is 59.6 Å². The second-order valence-corrected chi connectivity index (χ2v) is 13.9. The first-order valence-electron chi connectivity index (χ1n) is 15.0. The molecule has 2 bridgehead atoms. The van der Waals surface area contributed by atoms with E-state index in [0.717, 1.165) is 55.5 Å². The number of carbonyl (C=O) groups is 1. The van der Waals surface area contributed by atoms with E-state index in [0.29, 0.717) is 28.6 Å². The summed E-state index contributed by atoms with van der Waals surface area (Å²) in [6, 6.07) is 17.3. The molecule has 48 heavy (non-hydrogen) atoms. The van der Waals surface area contributed by atoms with E-state index in [1.807, 2.05) is 12.1 Å². The monoisotopic (exact) mass is 740 g/mol. The van der Waals surface area contributed by atoms with Gasteiger partial charge >= 0.3 is 12.4 Å². The van der Waals surface area contributed by atoms with Gasteiger partial charge < -0.3 is 32.7 Å². The lowest BCUT2D eigenvalue weighted by molar-refractivity contribution is -0.944. The maximum atomic E-state index is 13.5. The van der Waals surface area contributed by atoms with Crippen LogP contribution in [-0.2, 0) is 34.5 Å². The number of rotatable bonds is 7. The summed E-state index contributed by atoms with van der Waals surface area (Å²) in [4.78, 5) is 14.9. The van der Waals surface area contributed by atoms with Gasteiger partial charge in [0.05, 0.1) is 47.4 Å². The number of alkyl halides is 6. The van der Waals surface area contributed by atoms with Crippen LogP contribution in [0.5, 0.6) is 0 Å². The van der Waals surface area contributed by atoms with Crippen molar-refractivity contribution in [1.82, 2.24) is 4.90 Å². The van der Waals surface area contributed by atoms with Crippen LogP contribution in [-0.4, -0.2) is 59.0 Å². The van der Waals surface area contributed by atoms with Crippen molar-refractivity contribution in [2.45, 2.75) is 61.8 Å². The topological polar surface area (TPSA) is 83.3 Å². The molecule has 0 saturated carbocycles. The molecule has 1 unspecified atom stereocenters. The highest BCUT2D eigenvalue weighted by Gasteiger charge is 2.52. The zero-order valence-electron chi connectivity index (χ0n) is 25.8. The molecule has 264 valence electrons. The first-order valence-corrected chi connectivity index (χ1v) is 15.8. The van der Waals surface area contributed by atoms with Crippen molar-refractivity contribution in [3.63, 3.8) is 0 Å². The quantitative estimate of drug-likeness (QED) is 0.261. The zero-order valence-corrected chi connectivity index (χ0v) is 28.1. The van der Waals surface area contributed by atoms with E-state index in [1.54, 1.807) is 12.1 Å². The molecule has 0 spiro atoms. The number of hydrogen-bond donors (Lipinski definition) is 0. The van der Waals surface area contributed by atoms with Gasteiger partial charge in [-0.05, 0) is 47.0 Å². The second kappa shape index (κ2) is 14.4. The number of amides is 1. The highest BCUT2D eigenvalue weighted by atomic mass is 35.5. The largest absolute Gasteiger partial charge is 1.00 e. The normalized spacial score (nSPS) is 25.2. The van der Waals surface area contributed by atoms with Crippen LogP contribution in [0.1, 0.15) is 59.9 Å². The van der Waals surface area contributed by atoms with E-state index in [9.17, 15) is 31.1 Å². The number of hydrogen-bond acceptors (Lipinski definition) is 1. The third-order valence-corrected chi connectivity index (χ3v) is 11.3. The Balaban J connectivity index is 0.00000208. The van der Waals surface area contributed by atoms with Crippen LogP contribution in [0, 0.1) is 0 Å². The lowest BCUT2D eigenvalue weighted by Gasteiger charge is -2.55. The number of carbonyl (C=O) groups excluding carboxylic acids is 1. The number of benzene rings is 3. The van der Waals surface area contributed by atoms with Gasteiger partial charge in [0.25, 0.3) is 0 Å². The van der Waals surface area contributed by atoms with Gasteiger partial charge in [0.2, 0.25) is 5.91 Å². The molecule has 7 rings (SSSR count). The highest BCUT2D eigenvalue weighted by Crippen LogP contribution is 2.48. The number of fused-ring (bicyclic) bond motifs is 3. The molecule has 4 saturated heterocycles. The van der Waals surface area contributed by atoms with Crippen LogP contribution in [0.25, 0.3) is 0 Å². The molecule has 4 fully saturated rings. The molecule has 3 aromatic carbocycles. The average molecular weight is 742 g/mol. The second-order valence-electron chi connectivity index (χ2n) is 13.1. The molecule has 0 radical (unpaired) electrons. The van der Waals surface area contributed by atoms with E-state index in [1.165, 1.54) is 10.5 Å². The van der Waals surface area contributed by atoms with Gasteiger partial charge in [-0.2, -0.15) is 26.3 Å². The Morgan fingerprint density at radius 3 is 1.83 bits per heavy atom. The van der Waals surface area contributed by atoms with Crippen molar-refractivity contribution < 1.29 is 59.0 Å². The first kappa shape index (κ1) is 39.9. The summed E-state index contributed by atoms with van der Waals surface area (Å²) in [6.45, 7) is 3.61. The average Bonchev–Trinajstić information content (AvgIpc) is 3.33. The number of piperidine rings is 3. The third kappa shape index (κ3) is 7.76. The Morgan fingerprint density at radius 1 is 0.750 bits per heavy atom. The van der Waals surface area contributed by atoms with Gasteiger partial charge in [0.15, 0.2) is 0 Å². The Kier molecular flexibility index (Phi) is 11.9. The lowest BCUT2D eigenvalue weighted by atomic mass is 9.66. The van der Waals surface area contributed by atoms with Crippen molar-refractivity contribution in [3.8, 4) is 0 Å². The SMILES string of the molecule is O.O.O=C1CC(CC[N+]23CCC(c4ccccc4)(CC2)CC3)(c2ccc(Cl)c(Cl)c2)CN1Cc1cc(C(F)(F)F)cc(C(F)(F)F)c1.[Cl-]. The fourth-order valence-electron chi connectivity index (χ4n) is 7.79. The van der Waals surface area contributed by atoms with Crippen LogP contribution < -0.4 is 12.4 Å². The van der Waals surface area contributed by atoms with Crippen molar-refractivity contribution in [1.29, 1.82) is 0 Å². The van der Waals surface area contributed by atoms with Crippen molar-refractivity contribution >= 4 is 29.1 Å². The molecule has 14 heteroatoms. The minimum absolute atomic E-state index is 0. The van der Waals surface area contributed by atoms with Crippen molar-refractivity contribution in [2.75, 3.05) is 32.7 Å². The van der Waals surface area contributed by atoms with Crippen LogP contribution in [0.2, 0.25) is 10.0 Å². The Hall–Kier alpha value is -2.54. The fraction of sp³-hybridized carbons (Fsp3) is 0.441. The van der Waals surface area contributed by atoms with Crippen LogP contribution in [0.15, 0.2) is 66.7 Å². The number of nitrogens with zero attached hydrogens (tertiary/aromatic N) is 2. The molecule has 1 amide bonds. The lowest BCUT2D eigenvalue weighted by Crippen LogP contribution is -3.00. The molecule has 0 aromatic heterocycles. The highest BCUT2D eigenvalue weighted by molar-refractivity contribution is 6.42. The molecular formula is C34H37Cl3F6N2O3. The summed E-state index contributed by atoms with van der Waals surface area (Å²) in [5, 5.41) is 0.675. The smallest absolute Gasteiger partial charge is 0.416 e. The Morgan fingerprint density at radius 2 is 1.31 bits per heavy atom. The van der Waals surface area contributed by atoms with Crippen molar-refractivity contribution in [2.24, 2.45) is 0 Å². The predicted molar refractivity (Wildman–Crippen MR) is 168 cm³/mol. The van der Waals surface area contributed by atoms with Crippen LogP contribution in [0.3, 0.4) is 0 Å². The number of quaternary nitrogens is 1. The minimum atomic E-state index is -4.97. The summed E-state index contributed by atoms with van der Waals surface area (Å²) in [5.41, 5.74) is -1.38. The molecule has 1 atom stereocenters. The maximum Gasteiger partial charge on any atom is 0.416 e. The van der Waals surface area contributed by atoms with Gasteiger partial charge in [-0.3, -0.25) is 4.79 Å². The fourth-order valence-corrected chi connectivity index (χ4v) is 8.09. The molecule has 4 aliphatic heterocycles. The van der Waals surface area contributed by atoms with Gasteiger partial charge in [-0.25, -0.2) is 0 Å². The third-order valence-electron chi connectivity index (χ3n) is 10.5. The summed E-state index contributed by atoms with van der Waals surface area (Å²) in [5.74, 6) is -0.326. The molecule has 0 aliphatic carbocycles. The number of halogens is 9. The summed E-state index contributed by atoms with van der Waals surface area (Å²) >= 11 is 12.6. The molecule has 4 heterocycles. The molecule has 4 N–H and O–H groups in total. The van der Waals surface area contributed by atoms with E-state index in [-0.39, 0.29) is 65.8 Å². The maximum absolute atomic E-state index is 13.5. The van der Waals surface area contributed by atoms with Crippen LogP contribution >= 0.6 is 23.2 Å². The Bertz CT molecular complexity index is 1550. The summed E-state index contributed by atoms with van der Waals surface area (Å²) in [7, 11) is 0. The van der Waals surface area contributed by atoms with Gasteiger partial charge in [-0.15, -0.1) is 0 Å². The zero-order chi connectivity index (χ0) is 32.3. The van der Waals surface area contributed by atoms with E-state index < -0.39 is 28.9 Å². The molecular weight excluding hydrogens is 705 g/mol. The van der Waals surface area contributed by atoms with E-state index >= 15 is 0 Å². The molecule has 3 aromatic rings. The van der Waals surface area contributed by atoms with Crippen LogP contribution in [0.4, 0.5) is 26.3 Å². The van der Waals surface area contributed by atoms with Gasteiger partial charge in [0, 0.05) is 56.0 Å². The molecule has 4 aliphatic rings. The first-order chi connectivity index (χ1) is 21.1. The number of likely N-dealkylation sites (tertiary alicyclic amines) is 1. The summed E-state index contributed by atoms with van der Waals surface area (Å²) in [6.07, 6.45) is -6.04. The summed E-state index contributed by atoms with van der Waals surface area (Å²) < 4.78 is 82.2. The van der Waals surface area contributed by atoms with Gasteiger partial charge in [0.1, 0.15) is 0 Å².